The first kappa shape index (κ1) is 26.4. The average molecular weight is 586 g/mol. The van der Waals surface area contributed by atoms with Crippen molar-refractivity contribution in [1.29, 1.82) is 0 Å². The van der Waals surface area contributed by atoms with Gasteiger partial charge in [-0.05, 0) is 53.6 Å². The third kappa shape index (κ3) is 5.49. The molecule has 6 nitrogen and oxygen atoms in total. The highest BCUT2D eigenvalue weighted by Crippen LogP contribution is 2.43. The smallest absolute Gasteiger partial charge is 0.259 e. The fraction of sp³-hybridized carbons (Fsp3) is 0.156. The van der Waals surface area contributed by atoms with Gasteiger partial charge in [-0.3, -0.25) is 4.79 Å². The van der Waals surface area contributed by atoms with Crippen LogP contribution in [0.1, 0.15) is 32.6 Å². The molecule has 0 spiro atoms. The van der Waals surface area contributed by atoms with E-state index in [4.69, 9.17) is 18.9 Å². The van der Waals surface area contributed by atoms with Gasteiger partial charge in [0.15, 0.2) is 11.5 Å². The Morgan fingerprint density at radius 2 is 1.44 bits per heavy atom. The average Bonchev–Trinajstić information content (AvgIpc) is 3.22. The van der Waals surface area contributed by atoms with Gasteiger partial charge in [0.1, 0.15) is 18.1 Å². The van der Waals surface area contributed by atoms with Gasteiger partial charge in [-0.1, -0.05) is 64.5 Å². The maximum Gasteiger partial charge on any atom is 0.259 e. The molecule has 0 fully saturated rings. The number of methoxy groups -OCH3 is 3. The van der Waals surface area contributed by atoms with Crippen LogP contribution in [-0.2, 0) is 13.2 Å². The minimum atomic E-state index is -0.119. The van der Waals surface area contributed by atoms with Gasteiger partial charge in [0.2, 0.25) is 0 Å². The molecule has 0 N–H and O–H groups in total. The highest BCUT2D eigenvalue weighted by molar-refractivity contribution is 9.10. The normalized spacial score (nSPS) is 13.4. The molecule has 198 valence electrons. The van der Waals surface area contributed by atoms with E-state index in [0.717, 1.165) is 38.2 Å². The van der Waals surface area contributed by atoms with E-state index in [1.54, 1.807) is 32.3 Å². The second-order valence-electron chi connectivity index (χ2n) is 8.95. The lowest BCUT2D eigenvalue weighted by atomic mass is 10.0. The van der Waals surface area contributed by atoms with Gasteiger partial charge in [-0.2, -0.15) is 0 Å². The molecule has 0 saturated carbocycles. The van der Waals surface area contributed by atoms with Crippen LogP contribution in [-0.4, -0.2) is 32.1 Å². The fourth-order valence-electron chi connectivity index (χ4n) is 4.55. The predicted molar refractivity (Wildman–Crippen MR) is 155 cm³/mol. The zero-order valence-corrected chi connectivity index (χ0v) is 23.5. The first-order valence-electron chi connectivity index (χ1n) is 12.4. The minimum Gasteiger partial charge on any atom is -0.497 e. The fourth-order valence-corrected chi connectivity index (χ4v) is 5.01. The Balaban J connectivity index is 1.60. The number of benzene rings is 4. The molecule has 1 amide bonds. The van der Waals surface area contributed by atoms with Crippen molar-refractivity contribution >= 4 is 33.6 Å². The summed E-state index contributed by atoms with van der Waals surface area (Å²) in [5, 5.41) is 0. The van der Waals surface area contributed by atoms with Crippen LogP contribution in [0.2, 0.25) is 0 Å². The number of carbonyl (C=O) groups excluding carboxylic acids is 1. The van der Waals surface area contributed by atoms with E-state index in [0.29, 0.717) is 36.0 Å². The number of rotatable bonds is 9. The molecule has 0 aromatic heterocycles. The Bertz CT molecular complexity index is 1520. The molecule has 39 heavy (non-hydrogen) atoms. The molecule has 0 bridgehead atoms. The van der Waals surface area contributed by atoms with E-state index in [-0.39, 0.29) is 5.91 Å². The van der Waals surface area contributed by atoms with Gasteiger partial charge in [0.05, 0.1) is 39.1 Å². The van der Waals surface area contributed by atoms with Crippen molar-refractivity contribution in [3.63, 3.8) is 0 Å². The molecule has 0 saturated heterocycles. The highest BCUT2D eigenvalue weighted by Gasteiger charge is 2.34. The summed E-state index contributed by atoms with van der Waals surface area (Å²) in [4.78, 5) is 15.6. The van der Waals surface area contributed by atoms with Crippen LogP contribution in [0.15, 0.2) is 89.4 Å². The summed E-state index contributed by atoms with van der Waals surface area (Å²) < 4.78 is 23.5. The Labute approximate surface area is 236 Å². The lowest BCUT2D eigenvalue weighted by molar-refractivity contribution is 0.0843. The number of halogens is 1. The molecule has 1 aliphatic heterocycles. The predicted octanol–water partition coefficient (Wildman–Crippen LogP) is 7.21. The summed E-state index contributed by atoms with van der Waals surface area (Å²) in [6.07, 6.45) is 1.99. The van der Waals surface area contributed by atoms with Crippen molar-refractivity contribution in [2.24, 2.45) is 0 Å². The molecule has 4 aromatic carbocycles. The standard InChI is InChI=1S/C32H28BrNO5/c1-36-23-14-12-21(13-15-23)19-34-28(24-17-30(37-2)31(38-3)18-25(24)32(34)35)16-26-27(33)10-7-11-29(26)39-20-22-8-5-4-6-9-22/h4-18H,19-20H2,1-3H3/b28-16+. The molecule has 0 atom stereocenters. The molecule has 0 radical (unpaired) electrons. The minimum absolute atomic E-state index is 0.119. The van der Waals surface area contributed by atoms with Gasteiger partial charge >= 0.3 is 0 Å². The zero-order valence-electron chi connectivity index (χ0n) is 21.9. The Morgan fingerprint density at radius 3 is 2.10 bits per heavy atom. The second-order valence-corrected chi connectivity index (χ2v) is 9.80. The van der Waals surface area contributed by atoms with Crippen molar-refractivity contribution in [2.75, 3.05) is 21.3 Å². The van der Waals surface area contributed by atoms with Gasteiger partial charge < -0.3 is 23.8 Å². The van der Waals surface area contributed by atoms with Gasteiger partial charge in [0, 0.05) is 15.6 Å². The maximum atomic E-state index is 13.8. The lowest BCUT2D eigenvalue weighted by Gasteiger charge is -2.20. The Kier molecular flexibility index (Phi) is 7.89. The summed E-state index contributed by atoms with van der Waals surface area (Å²) in [5.41, 5.74) is 4.91. The lowest BCUT2D eigenvalue weighted by Crippen LogP contribution is -2.22. The van der Waals surface area contributed by atoms with Crippen LogP contribution in [0.5, 0.6) is 23.0 Å². The van der Waals surface area contributed by atoms with E-state index in [1.165, 1.54) is 0 Å². The van der Waals surface area contributed by atoms with Crippen molar-refractivity contribution in [3.8, 4) is 23.0 Å². The summed E-state index contributed by atoms with van der Waals surface area (Å²) in [7, 11) is 4.78. The maximum absolute atomic E-state index is 13.8. The molecular formula is C32H28BrNO5. The first-order chi connectivity index (χ1) is 19.0. The number of fused-ring (bicyclic) bond motifs is 1. The van der Waals surface area contributed by atoms with Crippen LogP contribution in [0.4, 0.5) is 0 Å². The van der Waals surface area contributed by atoms with Crippen molar-refractivity contribution < 1.29 is 23.7 Å². The molecule has 4 aromatic rings. The van der Waals surface area contributed by atoms with E-state index < -0.39 is 0 Å². The van der Waals surface area contributed by atoms with Gasteiger partial charge in [-0.25, -0.2) is 0 Å². The van der Waals surface area contributed by atoms with E-state index in [2.05, 4.69) is 15.9 Å². The van der Waals surface area contributed by atoms with Crippen molar-refractivity contribution in [1.82, 2.24) is 4.90 Å². The first-order valence-corrected chi connectivity index (χ1v) is 13.2. The number of carbonyl (C=O) groups is 1. The van der Waals surface area contributed by atoms with Crippen LogP contribution in [0, 0.1) is 0 Å². The molecule has 7 heteroatoms. The van der Waals surface area contributed by atoms with Crippen LogP contribution >= 0.6 is 15.9 Å². The van der Waals surface area contributed by atoms with Crippen LogP contribution in [0.25, 0.3) is 11.8 Å². The number of hydrogen-bond donors (Lipinski definition) is 0. The quantitative estimate of drug-likeness (QED) is 0.208. The van der Waals surface area contributed by atoms with E-state index >= 15 is 0 Å². The number of nitrogens with zero attached hydrogens (tertiary/aromatic N) is 1. The molecule has 5 rings (SSSR count). The van der Waals surface area contributed by atoms with E-state index in [1.807, 2.05) is 84.9 Å². The molecule has 1 heterocycles. The van der Waals surface area contributed by atoms with Gasteiger partial charge in [-0.15, -0.1) is 0 Å². The van der Waals surface area contributed by atoms with Gasteiger partial charge in [0.25, 0.3) is 5.91 Å². The van der Waals surface area contributed by atoms with Crippen LogP contribution in [0.3, 0.4) is 0 Å². The van der Waals surface area contributed by atoms with Crippen molar-refractivity contribution in [3.05, 3.63) is 117 Å². The van der Waals surface area contributed by atoms with Crippen molar-refractivity contribution in [2.45, 2.75) is 13.2 Å². The summed E-state index contributed by atoms with van der Waals surface area (Å²) in [6.45, 7) is 0.794. The summed E-state index contributed by atoms with van der Waals surface area (Å²) in [5.74, 6) is 2.39. The second kappa shape index (κ2) is 11.7. The zero-order chi connectivity index (χ0) is 27.4. The van der Waals surface area contributed by atoms with E-state index in [9.17, 15) is 4.79 Å². The largest absolute Gasteiger partial charge is 0.497 e. The Hall–Kier alpha value is -4.23. The SMILES string of the molecule is COc1ccc(CN2C(=O)c3cc(OC)c(OC)cc3/C2=C\c2c(Br)cccc2OCc2ccccc2)cc1. The summed E-state index contributed by atoms with van der Waals surface area (Å²) >= 11 is 3.70. The number of hydrogen-bond acceptors (Lipinski definition) is 5. The molecule has 1 aliphatic rings. The molecule has 0 aliphatic carbocycles. The topological polar surface area (TPSA) is 57.2 Å². The summed E-state index contributed by atoms with van der Waals surface area (Å²) in [6, 6.07) is 27.1. The number of ether oxygens (including phenoxy) is 4. The highest BCUT2D eigenvalue weighted by atomic mass is 79.9. The third-order valence-corrected chi connectivity index (χ3v) is 7.29. The third-order valence-electron chi connectivity index (χ3n) is 6.60. The van der Waals surface area contributed by atoms with Crippen LogP contribution < -0.4 is 18.9 Å². The molecule has 0 unspecified atom stereocenters. The Morgan fingerprint density at radius 1 is 0.744 bits per heavy atom. The monoisotopic (exact) mass is 585 g/mol. The number of amides is 1. The molecular weight excluding hydrogens is 558 g/mol.